The minimum absolute atomic E-state index is 0.307. The van der Waals surface area contributed by atoms with Gasteiger partial charge in [0, 0.05) is 0 Å². The molecule has 0 aliphatic carbocycles. The van der Waals surface area contributed by atoms with Gasteiger partial charge in [-0.15, -0.1) is 0 Å². The molecule has 0 aliphatic heterocycles. The highest BCUT2D eigenvalue weighted by atomic mass is 19.1. The molecule has 13 heavy (non-hydrogen) atoms. The summed E-state index contributed by atoms with van der Waals surface area (Å²) in [6, 6.07) is 4.83. The second-order valence-corrected chi connectivity index (χ2v) is 2.35. The van der Waals surface area contributed by atoms with Crippen LogP contribution < -0.4 is 0 Å². The van der Waals surface area contributed by atoms with Gasteiger partial charge in [-0.3, -0.25) is 0 Å². The third-order valence-corrected chi connectivity index (χ3v) is 1.37. The Morgan fingerprint density at radius 3 is 2.31 bits per heavy atom. The molecule has 0 bridgehead atoms. The van der Waals surface area contributed by atoms with Gasteiger partial charge in [0.15, 0.2) is 0 Å². The molecular weight excluding hydrogens is 178 g/mol. The van der Waals surface area contributed by atoms with Crippen molar-refractivity contribution in [3.05, 3.63) is 41.5 Å². The van der Waals surface area contributed by atoms with E-state index >= 15 is 0 Å². The fourth-order valence-electron chi connectivity index (χ4n) is 0.767. The van der Waals surface area contributed by atoms with E-state index in [4.69, 9.17) is 5.11 Å². The van der Waals surface area contributed by atoms with Gasteiger partial charge in [0.2, 0.25) is 5.83 Å². The first-order valence-electron chi connectivity index (χ1n) is 3.45. The molecule has 0 aliphatic rings. The number of rotatable bonds is 2. The summed E-state index contributed by atoms with van der Waals surface area (Å²) >= 11 is 0. The first-order valence-corrected chi connectivity index (χ1v) is 3.45. The van der Waals surface area contributed by atoms with E-state index in [1.54, 1.807) is 0 Å². The van der Waals surface area contributed by atoms with Gasteiger partial charge >= 0.3 is 5.97 Å². The van der Waals surface area contributed by atoms with E-state index < -0.39 is 17.6 Å². The van der Waals surface area contributed by atoms with E-state index in [0.29, 0.717) is 5.56 Å². The maximum atomic E-state index is 12.5. The van der Waals surface area contributed by atoms with Gasteiger partial charge in [-0.05, 0) is 23.8 Å². The molecule has 68 valence electrons. The number of benzene rings is 1. The lowest BCUT2D eigenvalue weighted by Crippen LogP contribution is -1.93. The molecule has 1 N–H and O–H groups in total. The second-order valence-electron chi connectivity index (χ2n) is 2.35. The highest BCUT2D eigenvalue weighted by Crippen LogP contribution is 2.08. The number of carboxylic acid groups (broad SMARTS) is 1. The van der Waals surface area contributed by atoms with Crippen molar-refractivity contribution in [2.75, 3.05) is 0 Å². The zero-order valence-corrected chi connectivity index (χ0v) is 6.50. The molecule has 0 atom stereocenters. The lowest BCUT2D eigenvalue weighted by molar-refractivity contribution is -0.134. The van der Waals surface area contributed by atoms with Gasteiger partial charge in [-0.25, -0.2) is 9.18 Å². The average molecular weight is 184 g/mol. The summed E-state index contributed by atoms with van der Waals surface area (Å²) in [6.45, 7) is 0. The molecule has 0 unspecified atom stereocenters. The standard InChI is InChI=1S/C9H6F2O2/c10-7-3-1-6(2-4-7)5-8(11)9(12)13/h1-5H,(H,12,13). The molecule has 1 rings (SSSR count). The number of halogens is 2. The molecule has 2 nitrogen and oxygen atoms in total. The summed E-state index contributed by atoms with van der Waals surface area (Å²) in [4.78, 5) is 10.1. The van der Waals surface area contributed by atoms with Crippen molar-refractivity contribution in [3.8, 4) is 0 Å². The molecule has 0 amide bonds. The number of carbonyl (C=O) groups is 1. The third-order valence-electron chi connectivity index (χ3n) is 1.37. The predicted molar refractivity (Wildman–Crippen MR) is 43.1 cm³/mol. The normalized spacial score (nSPS) is 11.4. The maximum Gasteiger partial charge on any atom is 0.364 e. The van der Waals surface area contributed by atoms with Gasteiger partial charge in [0.25, 0.3) is 0 Å². The van der Waals surface area contributed by atoms with Crippen LogP contribution in [0, 0.1) is 5.82 Å². The smallest absolute Gasteiger partial charge is 0.364 e. The van der Waals surface area contributed by atoms with Gasteiger partial charge in [-0.1, -0.05) is 12.1 Å². The number of hydrogen-bond donors (Lipinski definition) is 1. The molecule has 0 heterocycles. The Morgan fingerprint density at radius 1 is 1.31 bits per heavy atom. The van der Waals surface area contributed by atoms with Crippen molar-refractivity contribution in [2.24, 2.45) is 0 Å². The summed E-state index contributed by atoms with van der Waals surface area (Å²) in [7, 11) is 0. The molecule has 1 aromatic rings. The first kappa shape index (κ1) is 9.38. The van der Waals surface area contributed by atoms with Crippen LogP contribution in [0.25, 0.3) is 6.08 Å². The SMILES string of the molecule is O=C(O)C(F)=Cc1ccc(F)cc1. The van der Waals surface area contributed by atoms with Gasteiger partial charge in [-0.2, -0.15) is 4.39 Å². The van der Waals surface area contributed by atoms with Crippen LogP contribution in [-0.4, -0.2) is 11.1 Å². The highest BCUT2D eigenvalue weighted by Gasteiger charge is 2.04. The van der Waals surface area contributed by atoms with E-state index in [-0.39, 0.29) is 0 Å². The monoisotopic (exact) mass is 184 g/mol. The van der Waals surface area contributed by atoms with Crippen LogP contribution in [0.15, 0.2) is 30.1 Å². The summed E-state index contributed by atoms with van der Waals surface area (Å²) in [5.74, 6) is -3.36. The molecule has 0 saturated carbocycles. The first-order chi connectivity index (χ1) is 6.09. The number of aliphatic carboxylic acids is 1. The molecule has 0 fully saturated rings. The molecule has 0 spiro atoms. The lowest BCUT2D eigenvalue weighted by Gasteiger charge is -1.92. The summed E-state index contributed by atoms with van der Waals surface area (Å²) in [6.07, 6.45) is 0.821. The Morgan fingerprint density at radius 2 is 1.85 bits per heavy atom. The zero-order chi connectivity index (χ0) is 9.84. The van der Waals surface area contributed by atoms with Crippen molar-refractivity contribution >= 4 is 12.0 Å². The molecular formula is C9H6F2O2. The van der Waals surface area contributed by atoms with Crippen molar-refractivity contribution in [1.82, 2.24) is 0 Å². The fourth-order valence-corrected chi connectivity index (χ4v) is 0.767. The van der Waals surface area contributed by atoms with E-state index in [2.05, 4.69) is 0 Å². The van der Waals surface area contributed by atoms with Crippen LogP contribution in [0.2, 0.25) is 0 Å². The second kappa shape index (κ2) is 3.80. The number of hydrogen-bond acceptors (Lipinski definition) is 1. The highest BCUT2D eigenvalue weighted by molar-refractivity contribution is 5.89. The Balaban J connectivity index is 2.92. The zero-order valence-electron chi connectivity index (χ0n) is 6.50. The van der Waals surface area contributed by atoms with Crippen LogP contribution in [0.1, 0.15) is 5.56 Å². The summed E-state index contributed by atoms with van der Waals surface area (Å²) in [5.41, 5.74) is 0.307. The average Bonchev–Trinajstić information content (AvgIpc) is 2.08. The van der Waals surface area contributed by atoms with Crippen LogP contribution in [0.4, 0.5) is 8.78 Å². The van der Waals surface area contributed by atoms with E-state index in [1.165, 1.54) is 12.1 Å². The number of carboxylic acids is 1. The van der Waals surface area contributed by atoms with Gasteiger partial charge in [0.1, 0.15) is 5.82 Å². The molecule has 0 saturated heterocycles. The Hall–Kier alpha value is -1.71. The van der Waals surface area contributed by atoms with E-state index in [0.717, 1.165) is 18.2 Å². The quantitative estimate of drug-likeness (QED) is 0.715. The Labute approximate surface area is 73.1 Å². The summed E-state index contributed by atoms with van der Waals surface area (Å²) in [5, 5.41) is 8.18. The largest absolute Gasteiger partial charge is 0.476 e. The maximum absolute atomic E-state index is 12.5. The van der Waals surface area contributed by atoms with Gasteiger partial charge in [0.05, 0.1) is 0 Å². The van der Waals surface area contributed by atoms with Crippen LogP contribution >= 0.6 is 0 Å². The van der Waals surface area contributed by atoms with Gasteiger partial charge < -0.3 is 5.11 Å². The minimum Gasteiger partial charge on any atom is -0.476 e. The molecule has 1 aromatic carbocycles. The Kier molecular flexibility index (Phi) is 2.74. The summed E-state index contributed by atoms with van der Waals surface area (Å²) < 4.78 is 24.8. The minimum atomic E-state index is -1.63. The molecule has 4 heteroatoms. The lowest BCUT2D eigenvalue weighted by atomic mass is 10.2. The van der Waals surface area contributed by atoms with Crippen LogP contribution in [0.3, 0.4) is 0 Å². The predicted octanol–water partition coefficient (Wildman–Crippen LogP) is 2.22. The van der Waals surface area contributed by atoms with Crippen molar-refractivity contribution in [2.45, 2.75) is 0 Å². The fraction of sp³-hybridized carbons (Fsp3) is 0. The van der Waals surface area contributed by atoms with E-state index in [9.17, 15) is 13.6 Å². The Bertz CT molecular complexity index is 341. The van der Waals surface area contributed by atoms with E-state index in [1.807, 2.05) is 0 Å². The van der Waals surface area contributed by atoms with Crippen molar-refractivity contribution in [1.29, 1.82) is 0 Å². The molecule has 0 radical (unpaired) electrons. The van der Waals surface area contributed by atoms with Crippen molar-refractivity contribution in [3.63, 3.8) is 0 Å². The molecule has 0 aromatic heterocycles. The van der Waals surface area contributed by atoms with Crippen LogP contribution in [-0.2, 0) is 4.79 Å². The third kappa shape index (κ3) is 2.66. The topological polar surface area (TPSA) is 37.3 Å². The van der Waals surface area contributed by atoms with Crippen molar-refractivity contribution < 1.29 is 18.7 Å². The van der Waals surface area contributed by atoms with Crippen LogP contribution in [0.5, 0.6) is 0 Å².